The summed E-state index contributed by atoms with van der Waals surface area (Å²) in [6.45, 7) is 1.87. The number of methoxy groups -OCH3 is 2. The van der Waals surface area contributed by atoms with E-state index in [4.69, 9.17) is 9.47 Å². The molecule has 0 spiro atoms. The quantitative estimate of drug-likeness (QED) is 0.740. The van der Waals surface area contributed by atoms with E-state index in [-0.39, 0.29) is 6.04 Å². The van der Waals surface area contributed by atoms with Crippen molar-refractivity contribution in [2.24, 2.45) is 7.05 Å². The molecule has 0 amide bonds. The summed E-state index contributed by atoms with van der Waals surface area (Å²) in [5.74, 6) is 3.04. The molecule has 3 rings (SSSR count). The highest BCUT2D eigenvalue weighted by molar-refractivity contribution is 7.09. The number of hydrogen-bond acceptors (Lipinski definition) is 7. The molecule has 1 aromatic carbocycles. The van der Waals surface area contributed by atoms with Crippen molar-refractivity contribution in [3.8, 4) is 11.5 Å². The maximum absolute atomic E-state index is 5.39. The predicted octanol–water partition coefficient (Wildman–Crippen LogP) is 2.80. The van der Waals surface area contributed by atoms with E-state index in [2.05, 4.69) is 19.7 Å². The van der Waals surface area contributed by atoms with E-state index in [1.165, 1.54) is 11.5 Å². The third-order valence-corrected chi connectivity index (χ3v) is 4.36. The zero-order valence-electron chi connectivity index (χ0n) is 14.0. The molecule has 0 radical (unpaired) electrons. The van der Waals surface area contributed by atoms with Gasteiger partial charge in [-0.05, 0) is 24.6 Å². The van der Waals surface area contributed by atoms with Gasteiger partial charge in [0.15, 0.2) is 0 Å². The molecular weight excluding hydrogens is 326 g/mol. The largest absolute Gasteiger partial charge is 0.497 e. The number of imidazole rings is 1. The molecule has 0 saturated carbocycles. The monoisotopic (exact) mass is 345 g/mol. The van der Waals surface area contributed by atoms with Gasteiger partial charge in [0, 0.05) is 37.0 Å². The van der Waals surface area contributed by atoms with Crippen molar-refractivity contribution in [3.05, 3.63) is 47.8 Å². The van der Waals surface area contributed by atoms with Crippen LogP contribution in [-0.4, -0.2) is 33.1 Å². The molecule has 126 valence electrons. The Morgan fingerprint density at radius 1 is 1.17 bits per heavy atom. The fraction of sp³-hybridized carbons (Fsp3) is 0.312. The van der Waals surface area contributed by atoms with Crippen LogP contribution in [-0.2, 0) is 7.05 Å². The highest BCUT2D eigenvalue weighted by Crippen LogP contribution is 2.32. The standard InChI is InChI=1S/C16H19N5O2S/c1-10-18-16(24-20-10)19-14(15-17-5-6-21(15)2)11-7-12(22-3)9-13(8-11)23-4/h5-9,14H,1-4H3,(H,18,19,20)/t14-/m0/s1. The Bertz CT molecular complexity index is 807. The highest BCUT2D eigenvalue weighted by atomic mass is 32.1. The summed E-state index contributed by atoms with van der Waals surface area (Å²) < 4.78 is 17.0. The molecule has 0 fully saturated rings. The van der Waals surface area contributed by atoms with Crippen LogP contribution in [0, 0.1) is 6.92 Å². The van der Waals surface area contributed by atoms with E-state index in [1.54, 1.807) is 20.4 Å². The van der Waals surface area contributed by atoms with Crippen LogP contribution < -0.4 is 14.8 Å². The van der Waals surface area contributed by atoms with Crippen molar-refractivity contribution in [2.45, 2.75) is 13.0 Å². The lowest BCUT2D eigenvalue weighted by Crippen LogP contribution is -2.17. The molecule has 8 heteroatoms. The number of benzene rings is 1. The van der Waals surface area contributed by atoms with E-state index >= 15 is 0 Å². The summed E-state index contributed by atoms with van der Waals surface area (Å²) in [5, 5.41) is 4.15. The summed E-state index contributed by atoms with van der Waals surface area (Å²) >= 11 is 1.32. The maximum Gasteiger partial charge on any atom is 0.203 e. The first-order valence-corrected chi connectivity index (χ1v) is 8.15. The molecule has 7 nitrogen and oxygen atoms in total. The number of anilines is 1. The van der Waals surface area contributed by atoms with Crippen LogP contribution in [0.2, 0.25) is 0 Å². The Balaban J connectivity index is 2.05. The molecular formula is C16H19N5O2S. The van der Waals surface area contributed by atoms with E-state index in [1.807, 2.05) is 42.9 Å². The average Bonchev–Trinajstić information content (AvgIpc) is 3.20. The lowest BCUT2D eigenvalue weighted by atomic mass is 10.1. The summed E-state index contributed by atoms with van der Waals surface area (Å²) in [4.78, 5) is 8.88. The molecule has 3 aromatic rings. The minimum absolute atomic E-state index is 0.207. The van der Waals surface area contributed by atoms with Crippen LogP contribution in [0.1, 0.15) is 23.3 Å². The summed E-state index contributed by atoms with van der Waals surface area (Å²) in [6, 6.07) is 5.56. The van der Waals surface area contributed by atoms with Gasteiger partial charge in [-0.1, -0.05) is 0 Å². The normalized spacial score (nSPS) is 12.0. The first-order valence-electron chi connectivity index (χ1n) is 7.37. The van der Waals surface area contributed by atoms with Gasteiger partial charge in [-0.25, -0.2) is 9.97 Å². The van der Waals surface area contributed by atoms with Crippen LogP contribution in [0.5, 0.6) is 11.5 Å². The molecule has 0 unspecified atom stereocenters. The van der Waals surface area contributed by atoms with Gasteiger partial charge in [-0.15, -0.1) is 0 Å². The van der Waals surface area contributed by atoms with Gasteiger partial charge in [-0.2, -0.15) is 4.37 Å². The number of aromatic nitrogens is 4. The van der Waals surface area contributed by atoms with E-state index in [9.17, 15) is 0 Å². The van der Waals surface area contributed by atoms with E-state index in [0.29, 0.717) is 0 Å². The van der Waals surface area contributed by atoms with Crippen molar-refractivity contribution in [1.29, 1.82) is 0 Å². The Labute approximate surface area is 144 Å². The number of rotatable bonds is 6. The summed E-state index contributed by atoms with van der Waals surface area (Å²) in [5.41, 5.74) is 0.966. The van der Waals surface area contributed by atoms with Crippen molar-refractivity contribution in [3.63, 3.8) is 0 Å². The Morgan fingerprint density at radius 2 is 1.88 bits per heavy atom. The number of nitrogens with one attached hydrogen (secondary N) is 1. The predicted molar refractivity (Wildman–Crippen MR) is 92.9 cm³/mol. The molecule has 0 aliphatic rings. The summed E-state index contributed by atoms with van der Waals surface area (Å²) in [6.07, 6.45) is 3.68. The Kier molecular flexibility index (Phi) is 4.66. The molecule has 1 atom stereocenters. The van der Waals surface area contributed by atoms with Crippen LogP contribution >= 0.6 is 11.5 Å². The van der Waals surface area contributed by atoms with Crippen LogP contribution in [0.15, 0.2) is 30.6 Å². The fourth-order valence-electron chi connectivity index (χ4n) is 2.43. The van der Waals surface area contributed by atoms with Crippen LogP contribution in [0.25, 0.3) is 0 Å². The van der Waals surface area contributed by atoms with Crippen molar-refractivity contribution < 1.29 is 9.47 Å². The molecule has 0 saturated heterocycles. The second kappa shape index (κ2) is 6.88. The second-order valence-corrected chi connectivity index (χ2v) is 6.02. The topological polar surface area (TPSA) is 74.1 Å². The smallest absolute Gasteiger partial charge is 0.203 e. The van der Waals surface area contributed by atoms with E-state index in [0.717, 1.165) is 33.8 Å². The molecule has 24 heavy (non-hydrogen) atoms. The minimum Gasteiger partial charge on any atom is -0.497 e. The molecule has 0 bridgehead atoms. The average molecular weight is 345 g/mol. The Hall–Kier alpha value is -2.61. The van der Waals surface area contributed by atoms with Gasteiger partial charge in [0.1, 0.15) is 29.2 Å². The first kappa shape index (κ1) is 16.3. The molecule has 2 aromatic heterocycles. The Morgan fingerprint density at radius 3 is 2.38 bits per heavy atom. The highest BCUT2D eigenvalue weighted by Gasteiger charge is 2.21. The number of nitrogens with zero attached hydrogens (tertiary/aromatic N) is 4. The first-order chi connectivity index (χ1) is 11.6. The van der Waals surface area contributed by atoms with Gasteiger partial charge in [-0.3, -0.25) is 0 Å². The van der Waals surface area contributed by atoms with Gasteiger partial charge in [0.2, 0.25) is 5.13 Å². The molecule has 0 aliphatic carbocycles. The number of hydrogen-bond donors (Lipinski definition) is 1. The zero-order chi connectivity index (χ0) is 17.1. The lowest BCUT2D eigenvalue weighted by molar-refractivity contribution is 0.393. The third-order valence-electron chi connectivity index (χ3n) is 3.62. The van der Waals surface area contributed by atoms with Gasteiger partial charge in [0.25, 0.3) is 0 Å². The van der Waals surface area contributed by atoms with Crippen LogP contribution in [0.4, 0.5) is 5.13 Å². The van der Waals surface area contributed by atoms with Crippen molar-refractivity contribution in [1.82, 2.24) is 18.9 Å². The number of aryl methyl sites for hydroxylation is 2. The molecule has 0 aliphatic heterocycles. The van der Waals surface area contributed by atoms with Crippen molar-refractivity contribution in [2.75, 3.05) is 19.5 Å². The minimum atomic E-state index is -0.207. The summed E-state index contributed by atoms with van der Waals surface area (Å²) in [7, 11) is 5.23. The zero-order valence-corrected chi connectivity index (χ0v) is 14.8. The van der Waals surface area contributed by atoms with Crippen LogP contribution in [0.3, 0.4) is 0 Å². The van der Waals surface area contributed by atoms with Gasteiger partial charge in [0.05, 0.1) is 14.2 Å². The molecule has 2 heterocycles. The molecule has 1 N–H and O–H groups in total. The van der Waals surface area contributed by atoms with Crippen molar-refractivity contribution >= 4 is 16.7 Å². The van der Waals surface area contributed by atoms with Gasteiger partial charge < -0.3 is 19.4 Å². The number of ether oxygens (including phenoxy) is 2. The second-order valence-electron chi connectivity index (χ2n) is 5.27. The fourth-order valence-corrected chi connectivity index (χ4v) is 3.03. The lowest BCUT2D eigenvalue weighted by Gasteiger charge is -2.19. The maximum atomic E-state index is 5.39. The van der Waals surface area contributed by atoms with Gasteiger partial charge >= 0.3 is 0 Å². The van der Waals surface area contributed by atoms with E-state index < -0.39 is 0 Å². The third kappa shape index (κ3) is 3.33. The SMILES string of the molecule is COc1cc(OC)cc([C@H](Nc2nc(C)ns2)c2nccn2C)c1.